The van der Waals surface area contributed by atoms with Crippen LogP contribution in [0, 0.1) is 6.92 Å². The van der Waals surface area contributed by atoms with Crippen LogP contribution < -0.4 is 5.56 Å². The third-order valence-electron chi connectivity index (χ3n) is 3.64. The first-order valence-electron chi connectivity index (χ1n) is 8.27. The van der Waals surface area contributed by atoms with Gasteiger partial charge in [-0.2, -0.15) is 9.61 Å². The molecule has 0 fully saturated rings. The molecule has 26 heavy (non-hydrogen) atoms. The first-order valence-corrected chi connectivity index (χ1v) is 9.08. The van der Waals surface area contributed by atoms with Gasteiger partial charge in [0.15, 0.2) is 0 Å². The SMILES string of the molecule is CCOCCc1nn2c(=O)cc(COC(=O)c3ccc(C)cc3)nc2s1. The molecule has 0 N–H and O–H groups in total. The molecular weight excluding hydrogens is 354 g/mol. The predicted octanol–water partition coefficient (Wildman–Crippen LogP) is 2.40. The molecule has 0 spiro atoms. The van der Waals surface area contributed by atoms with Gasteiger partial charge in [0.1, 0.15) is 11.6 Å². The molecular formula is C18H19N3O4S. The third kappa shape index (κ3) is 4.33. The van der Waals surface area contributed by atoms with Crippen LogP contribution in [0.2, 0.25) is 0 Å². The smallest absolute Gasteiger partial charge is 0.338 e. The van der Waals surface area contributed by atoms with Crippen molar-refractivity contribution in [1.82, 2.24) is 14.6 Å². The summed E-state index contributed by atoms with van der Waals surface area (Å²) in [5.74, 6) is -0.450. The van der Waals surface area contributed by atoms with Crippen molar-refractivity contribution in [1.29, 1.82) is 0 Å². The molecule has 0 bridgehead atoms. The Balaban J connectivity index is 1.70. The number of carbonyl (C=O) groups excluding carboxylic acids is 1. The fourth-order valence-corrected chi connectivity index (χ4v) is 3.19. The van der Waals surface area contributed by atoms with Crippen LogP contribution in [0.1, 0.15) is 33.5 Å². The second kappa shape index (κ2) is 8.20. The Kier molecular flexibility index (Phi) is 5.75. The highest BCUT2D eigenvalue weighted by Gasteiger charge is 2.12. The minimum absolute atomic E-state index is 0.0649. The number of ether oxygens (including phenoxy) is 2. The van der Waals surface area contributed by atoms with Crippen molar-refractivity contribution in [3.05, 3.63) is 62.5 Å². The molecule has 0 amide bonds. The second-order valence-corrected chi connectivity index (χ2v) is 6.71. The van der Waals surface area contributed by atoms with Crippen molar-refractivity contribution in [2.24, 2.45) is 0 Å². The summed E-state index contributed by atoms with van der Waals surface area (Å²) < 4.78 is 11.8. The van der Waals surface area contributed by atoms with Crippen LogP contribution in [0.4, 0.5) is 0 Å². The largest absolute Gasteiger partial charge is 0.456 e. The van der Waals surface area contributed by atoms with Gasteiger partial charge in [0.05, 0.1) is 17.9 Å². The lowest BCUT2D eigenvalue weighted by molar-refractivity contribution is 0.0467. The van der Waals surface area contributed by atoms with Gasteiger partial charge in [-0.05, 0) is 26.0 Å². The molecule has 0 saturated carbocycles. The van der Waals surface area contributed by atoms with E-state index in [0.717, 1.165) is 10.6 Å². The highest BCUT2D eigenvalue weighted by atomic mass is 32.1. The molecule has 2 heterocycles. The van der Waals surface area contributed by atoms with Crippen molar-refractivity contribution in [2.75, 3.05) is 13.2 Å². The van der Waals surface area contributed by atoms with Crippen LogP contribution in [0.5, 0.6) is 0 Å². The molecule has 2 aromatic heterocycles. The van der Waals surface area contributed by atoms with Crippen LogP contribution in [0.15, 0.2) is 35.1 Å². The summed E-state index contributed by atoms with van der Waals surface area (Å²) in [6, 6.07) is 8.43. The number of rotatable bonds is 7. The van der Waals surface area contributed by atoms with E-state index in [2.05, 4.69) is 10.1 Å². The summed E-state index contributed by atoms with van der Waals surface area (Å²) in [7, 11) is 0. The van der Waals surface area contributed by atoms with Crippen LogP contribution in [-0.4, -0.2) is 33.8 Å². The molecule has 1 aromatic carbocycles. The number of carbonyl (C=O) groups is 1. The van der Waals surface area contributed by atoms with Gasteiger partial charge in [0, 0.05) is 19.1 Å². The molecule has 0 radical (unpaired) electrons. The first kappa shape index (κ1) is 18.2. The Bertz CT molecular complexity index is 963. The summed E-state index contributed by atoms with van der Waals surface area (Å²) in [6.07, 6.45) is 0.624. The zero-order valence-electron chi connectivity index (χ0n) is 14.6. The summed E-state index contributed by atoms with van der Waals surface area (Å²) >= 11 is 1.33. The topological polar surface area (TPSA) is 82.8 Å². The van der Waals surface area contributed by atoms with Gasteiger partial charge < -0.3 is 9.47 Å². The fraction of sp³-hybridized carbons (Fsp3) is 0.333. The van der Waals surface area contributed by atoms with E-state index in [1.807, 2.05) is 26.0 Å². The van der Waals surface area contributed by atoms with E-state index >= 15 is 0 Å². The zero-order chi connectivity index (χ0) is 18.5. The van der Waals surface area contributed by atoms with E-state index in [9.17, 15) is 9.59 Å². The van der Waals surface area contributed by atoms with Crippen molar-refractivity contribution in [3.63, 3.8) is 0 Å². The van der Waals surface area contributed by atoms with Gasteiger partial charge in [-0.25, -0.2) is 9.78 Å². The Hall–Kier alpha value is -2.58. The van der Waals surface area contributed by atoms with E-state index in [-0.39, 0.29) is 12.2 Å². The highest BCUT2D eigenvalue weighted by Crippen LogP contribution is 2.13. The number of hydrogen-bond acceptors (Lipinski definition) is 7. The molecule has 7 nitrogen and oxygen atoms in total. The van der Waals surface area contributed by atoms with Gasteiger partial charge in [-0.3, -0.25) is 4.79 Å². The molecule has 0 aliphatic carbocycles. The minimum atomic E-state index is -0.450. The molecule has 0 unspecified atom stereocenters. The lowest BCUT2D eigenvalue weighted by Crippen LogP contribution is -2.16. The van der Waals surface area contributed by atoms with Gasteiger partial charge >= 0.3 is 5.97 Å². The van der Waals surface area contributed by atoms with Crippen LogP contribution in [-0.2, 0) is 22.5 Å². The Morgan fingerprint density at radius 3 is 2.77 bits per heavy atom. The van der Waals surface area contributed by atoms with Crippen molar-refractivity contribution < 1.29 is 14.3 Å². The standard InChI is InChI=1S/C18H19N3O4S/c1-3-24-9-8-15-20-21-16(22)10-14(19-18(21)26-15)11-25-17(23)13-6-4-12(2)5-7-13/h4-7,10H,3,8-9,11H2,1-2H3. The third-order valence-corrected chi connectivity index (χ3v) is 4.61. The maximum atomic E-state index is 12.2. The number of aromatic nitrogens is 3. The highest BCUT2D eigenvalue weighted by molar-refractivity contribution is 7.16. The average Bonchev–Trinajstić information content (AvgIpc) is 3.04. The lowest BCUT2D eigenvalue weighted by atomic mass is 10.1. The molecule has 0 atom stereocenters. The van der Waals surface area contributed by atoms with Crippen LogP contribution in [0.3, 0.4) is 0 Å². The number of aryl methyl sites for hydroxylation is 1. The van der Waals surface area contributed by atoms with Crippen molar-refractivity contribution in [3.8, 4) is 0 Å². The number of fused-ring (bicyclic) bond motifs is 1. The Labute approximate surface area is 154 Å². The van der Waals surface area contributed by atoms with Gasteiger partial charge in [-0.1, -0.05) is 29.0 Å². The van der Waals surface area contributed by atoms with Crippen LogP contribution >= 0.6 is 11.3 Å². The first-order chi connectivity index (χ1) is 12.6. The molecule has 3 rings (SSSR count). The van der Waals surface area contributed by atoms with Gasteiger partial charge in [-0.15, -0.1) is 0 Å². The van der Waals surface area contributed by atoms with E-state index in [1.54, 1.807) is 12.1 Å². The summed E-state index contributed by atoms with van der Waals surface area (Å²) in [5.41, 5.74) is 1.63. The van der Waals surface area contributed by atoms with E-state index < -0.39 is 5.97 Å². The van der Waals surface area contributed by atoms with Gasteiger partial charge in [0.25, 0.3) is 5.56 Å². The molecule has 136 valence electrons. The van der Waals surface area contributed by atoms with E-state index in [4.69, 9.17) is 9.47 Å². The maximum absolute atomic E-state index is 12.2. The molecule has 0 aliphatic rings. The Morgan fingerprint density at radius 1 is 1.27 bits per heavy atom. The quantitative estimate of drug-likeness (QED) is 0.467. The molecule has 0 aliphatic heterocycles. The maximum Gasteiger partial charge on any atom is 0.338 e. The molecule has 8 heteroatoms. The lowest BCUT2D eigenvalue weighted by Gasteiger charge is -2.04. The number of nitrogens with zero attached hydrogens (tertiary/aromatic N) is 3. The Morgan fingerprint density at radius 2 is 2.04 bits per heavy atom. The summed E-state index contributed by atoms with van der Waals surface area (Å²) in [5, 5.41) is 5.02. The zero-order valence-corrected chi connectivity index (χ0v) is 15.4. The normalized spacial score (nSPS) is 11.0. The fourth-order valence-electron chi connectivity index (χ4n) is 2.29. The van der Waals surface area contributed by atoms with Gasteiger partial charge in [0.2, 0.25) is 4.96 Å². The summed E-state index contributed by atoms with van der Waals surface area (Å²) in [4.78, 5) is 29.1. The number of hydrogen-bond donors (Lipinski definition) is 0. The second-order valence-electron chi connectivity index (χ2n) is 5.66. The molecule has 0 saturated heterocycles. The van der Waals surface area contributed by atoms with Crippen molar-refractivity contribution in [2.45, 2.75) is 26.9 Å². The monoisotopic (exact) mass is 373 g/mol. The van der Waals surface area contributed by atoms with Crippen LogP contribution in [0.25, 0.3) is 4.96 Å². The predicted molar refractivity (Wildman–Crippen MR) is 97.6 cm³/mol. The minimum Gasteiger partial charge on any atom is -0.456 e. The van der Waals surface area contributed by atoms with E-state index in [1.165, 1.54) is 21.9 Å². The molecule has 3 aromatic rings. The summed E-state index contributed by atoms with van der Waals surface area (Å²) in [6.45, 7) is 4.99. The number of benzene rings is 1. The van der Waals surface area contributed by atoms with E-state index in [0.29, 0.717) is 35.9 Å². The number of esters is 1. The average molecular weight is 373 g/mol. The van der Waals surface area contributed by atoms with Crippen molar-refractivity contribution >= 4 is 22.3 Å².